The van der Waals surface area contributed by atoms with E-state index in [4.69, 9.17) is 25.4 Å². The fraction of sp³-hybridized carbons (Fsp3) is 0.145. The van der Waals surface area contributed by atoms with E-state index in [0.29, 0.717) is 0 Å². The highest BCUT2D eigenvalue weighted by Gasteiger charge is 2.03. The van der Waals surface area contributed by atoms with Gasteiger partial charge in [0.05, 0.1) is 36.5 Å². The summed E-state index contributed by atoms with van der Waals surface area (Å²) >= 11 is 6.67. The summed E-state index contributed by atoms with van der Waals surface area (Å²) in [5, 5.41) is 15.2. The van der Waals surface area contributed by atoms with Gasteiger partial charge in [-0.25, -0.2) is 15.0 Å². The standard InChI is InChI=1S/3C8H7N.4C8H9N.3C4H6N2.CH4.HPS.H2S.2H2/c3*1-2-4-8-7(3-1)5-6-9-8;2*1-7-5-3-4-6-8(7)9-2;1-7-3-2-4-8(5-7)6-9;1-7-4-2-3-5-8(7)6-9;3*1-4-2-5-3-6-4;;1-2;;;/h2*1-4,6H,5H2;1-6,9H;4*2-6,9H,1H3;3*2-3H,1H3,(H,5,6);1H4;1H;1H2;2*1H/p+1/i/hD. The Hall–Kier alpha value is -9.40. The lowest BCUT2D eigenvalue weighted by Gasteiger charge is -1.97. The largest absolute Gasteiger partial charge is 0.380 e. The van der Waals surface area contributed by atoms with E-state index in [0.717, 1.165) is 69.4 Å². The summed E-state index contributed by atoms with van der Waals surface area (Å²) in [5.74, 6) is 0. The van der Waals surface area contributed by atoms with Crippen LogP contribution < -0.4 is 15.0 Å². The van der Waals surface area contributed by atoms with E-state index in [1.165, 1.54) is 51.1 Å². The summed E-state index contributed by atoms with van der Waals surface area (Å²) in [5.41, 5.74) is 18.2. The Morgan fingerprint density at radius 3 is 1.39 bits per heavy atom. The minimum atomic E-state index is 0. The number of H-pyrrole nitrogens is 5. The topological polar surface area (TPSA) is 203 Å². The molecule has 0 atom stereocenters. The van der Waals surface area contributed by atoms with Gasteiger partial charge in [0.2, 0.25) is 6.33 Å². The Labute approximate surface area is 522 Å². The molecule has 0 radical (unpaired) electrons. The molecule has 0 aliphatic carbocycles. The van der Waals surface area contributed by atoms with Crippen LogP contribution in [0.15, 0.2) is 230 Å². The average molecular weight is 1190 g/mol. The molecule has 2 aliphatic heterocycles. The van der Waals surface area contributed by atoms with E-state index < -0.39 is 0 Å². The predicted molar refractivity (Wildman–Crippen MR) is 375 cm³/mol. The fourth-order valence-corrected chi connectivity index (χ4v) is 7.09. The minimum Gasteiger partial charge on any atom is -0.380 e. The number of nitrogens with one attached hydrogen (secondary N) is 9. The maximum atomic E-state index is 6.96. The van der Waals surface area contributed by atoms with Crippen LogP contribution in [0.5, 0.6) is 0 Å². The molecule has 0 amide bonds. The van der Waals surface area contributed by atoms with Crippen LogP contribution in [-0.2, 0) is 24.6 Å². The molecule has 2 aliphatic rings. The number of hydrogen-bond donors (Lipinski definition) is 8. The Kier molecular flexibility index (Phi) is 38.1. The van der Waals surface area contributed by atoms with Crippen LogP contribution >= 0.6 is 21.4 Å². The second-order valence-electron chi connectivity index (χ2n) is 18.1. The summed E-state index contributed by atoms with van der Waals surface area (Å²) in [6, 6.07) is 58.2. The molecule has 11 aromatic rings. The zero-order valence-corrected chi connectivity index (χ0v) is 51.5. The molecule has 0 spiro atoms. The summed E-state index contributed by atoms with van der Waals surface area (Å²) in [7, 11) is 2.56. The van der Waals surface area contributed by atoms with E-state index in [1.807, 2.05) is 219 Å². The number of nitrogens with zero attached hydrogens (tertiary/aromatic N) is 4. The molecule has 0 bridgehead atoms. The molecule has 13 nitrogen and oxygen atoms in total. The lowest BCUT2D eigenvalue weighted by molar-refractivity contribution is -0.376. The molecule has 9 N–H and O–H groups in total. The number of rotatable bonds is 4. The first kappa shape index (κ1) is 71.7. The van der Waals surface area contributed by atoms with E-state index >= 15 is 0 Å². The first-order valence-corrected chi connectivity index (χ1v) is 28.1. The molecule has 444 valence electrons. The monoisotopic (exact) mass is 1190 g/mol. The van der Waals surface area contributed by atoms with Crippen LogP contribution in [0, 0.1) is 59.3 Å². The van der Waals surface area contributed by atoms with Gasteiger partial charge in [0, 0.05) is 96.4 Å². The number of para-hydroxylation sites is 5. The molecule has 0 saturated carbocycles. The number of aliphatic imine (C=N–C) groups is 2. The van der Waals surface area contributed by atoms with Crippen molar-refractivity contribution in [1.82, 2.24) is 29.9 Å². The number of benzene rings is 7. The van der Waals surface area contributed by atoms with Gasteiger partial charge in [-0.2, -0.15) is 13.4 Å². The van der Waals surface area contributed by atoms with Gasteiger partial charge in [-0.3, -0.25) is 15.0 Å². The summed E-state index contributed by atoms with van der Waals surface area (Å²) < 4.78 is 5.44. The summed E-state index contributed by atoms with van der Waals surface area (Å²) in [4.78, 5) is 35.8. The van der Waals surface area contributed by atoms with Gasteiger partial charge in [-0.05, 0) is 93.2 Å². The van der Waals surface area contributed by atoms with Gasteiger partial charge >= 0.3 is 0 Å². The number of imidazole rings is 3. The molecule has 0 fully saturated rings. The van der Waals surface area contributed by atoms with Crippen LogP contribution in [0.3, 0.4) is 0 Å². The Balaban J connectivity index is 0. The number of aromatic nitrogens is 7. The van der Waals surface area contributed by atoms with E-state index in [9.17, 15) is 0 Å². The van der Waals surface area contributed by atoms with Crippen LogP contribution in [0.4, 0.5) is 22.7 Å². The SMILES string of the molecule is C.C1=Nc2ccccc2C1.C1=Nc2ccccc2C1.Cc1c[nH+]c[nH]1.Cc1cccc(C=N)c1.Cc1ccccc1C=N.Cc1cnc[nH]1.Cc1cnc[nH]1.P=S.[2H]S.[CH-]=[NH+]c1ccccc1C.[CH-]=[NH+]c1ccccc1C.[HH].[HH].c1ccc2[nH]ccc2c1. The molecule has 6 heterocycles. The smallest absolute Gasteiger partial charge is 0.239 e. The van der Waals surface area contributed by atoms with Gasteiger partial charge in [0.1, 0.15) is 11.9 Å². The van der Waals surface area contributed by atoms with Crippen molar-refractivity contribution in [2.75, 3.05) is 0 Å². The summed E-state index contributed by atoms with van der Waals surface area (Å²) in [6.07, 6.45) is 21.2. The molecular weight excluding hydrogens is 1110 g/mol. The van der Waals surface area contributed by atoms with Crippen molar-refractivity contribution >= 4 is 105 Å². The van der Waals surface area contributed by atoms with E-state index in [1.54, 1.807) is 31.4 Å². The zero-order chi connectivity index (χ0) is 62.3. The lowest BCUT2D eigenvalue weighted by atomic mass is 10.1. The van der Waals surface area contributed by atoms with E-state index in [-0.39, 0.29) is 10.3 Å². The number of aromatic amines is 5. The third-order valence-electron chi connectivity index (χ3n) is 11.6. The van der Waals surface area contributed by atoms with Gasteiger partial charge in [0.25, 0.3) is 0 Å². The van der Waals surface area contributed by atoms with Crippen LogP contribution in [-0.4, -0.2) is 69.3 Å². The highest BCUT2D eigenvalue weighted by Crippen LogP contribution is 2.23. The number of aryl methyl sites for hydroxylation is 7. The van der Waals surface area contributed by atoms with Crippen molar-refractivity contribution < 1.29 is 17.8 Å². The minimum absolute atomic E-state index is 0. The Bertz CT molecular complexity index is 3320. The highest BCUT2D eigenvalue weighted by molar-refractivity contribution is 7.88. The molecule has 16 heteroatoms. The first-order valence-electron chi connectivity index (χ1n) is 26.9. The second-order valence-corrected chi connectivity index (χ2v) is 18.1. The van der Waals surface area contributed by atoms with Crippen molar-refractivity contribution in [3.63, 3.8) is 0 Å². The highest BCUT2D eigenvalue weighted by atomic mass is 32.4. The molecule has 0 saturated heterocycles. The number of hydrogen-bond acceptors (Lipinski definition) is 7. The van der Waals surface area contributed by atoms with Gasteiger partial charge in [-0.1, -0.05) is 201 Å². The molecular formula is C69H87N13PS2+. The van der Waals surface area contributed by atoms with Crippen molar-refractivity contribution in [2.24, 2.45) is 9.98 Å². The first-order chi connectivity index (χ1) is 41.4. The lowest BCUT2D eigenvalue weighted by Crippen LogP contribution is -2.58. The van der Waals surface area contributed by atoms with Crippen molar-refractivity contribution in [2.45, 2.75) is 68.7 Å². The Morgan fingerprint density at radius 1 is 0.565 bits per heavy atom. The van der Waals surface area contributed by atoms with Gasteiger partial charge < -0.3 is 35.8 Å². The number of fused-ring (bicyclic) bond motifs is 3. The fourth-order valence-electron chi connectivity index (χ4n) is 7.09. The molecule has 0 unspecified atom stereocenters. The van der Waals surface area contributed by atoms with Crippen molar-refractivity contribution in [3.8, 4) is 0 Å². The third kappa shape index (κ3) is 30.5. The van der Waals surface area contributed by atoms with Crippen LogP contribution in [0.2, 0.25) is 0 Å². The van der Waals surface area contributed by atoms with E-state index in [2.05, 4.69) is 118 Å². The maximum absolute atomic E-state index is 6.96. The van der Waals surface area contributed by atoms with Crippen LogP contribution in [0.1, 0.15) is 71.9 Å². The van der Waals surface area contributed by atoms with Gasteiger partial charge in [0.15, 0.2) is 0 Å². The average Bonchev–Trinajstić information content (AvgIpc) is 4.46. The van der Waals surface area contributed by atoms with Crippen molar-refractivity contribution in [3.05, 3.63) is 281 Å². The molecule has 85 heavy (non-hydrogen) atoms. The van der Waals surface area contributed by atoms with Gasteiger partial charge in [-0.15, -0.1) is 0 Å². The Morgan fingerprint density at radius 2 is 1.05 bits per heavy atom. The normalized spacial score (nSPS) is 9.81. The second kappa shape index (κ2) is 45.2. The summed E-state index contributed by atoms with van der Waals surface area (Å²) in [6.45, 7) is 24.4. The predicted octanol–water partition coefficient (Wildman–Crippen LogP) is 14.0. The molecule has 7 aromatic carbocycles. The molecule has 4 aromatic heterocycles. The zero-order valence-electron chi connectivity index (χ0n) is 49.8. The van der Waals surface area contributed by atoms with Crippen molar-refractivity contribution in [1.29, 1.82) is 11.9 Å². The molecule has 13 rings (SSSR count). The quantitative estimate of drug-likeness (QED) is 0.0493. The maximum Gasteiger partial charge on any atom is 0.239 e. The third-order valence-corrected chi connectivity index (χ3v) is 11.6. The van der Waals surface area contributed by atoms with Crippen LogP contribution in [0.25, 0.3) is 10.9 Å².